The molecule has 52 valence electrons. The summed E-state index contributed by atoms with van der Waals surface area (Å²) in [4.78, 5) is 3.94. The van der Waals surface area contributed by atoms with Gasteiger partial charge in [-0.1, -0.05) is 0 Å². The molecular formula is C6H8N4. The van der Waals surface area contributed by atoms with Gasteiger partial charge in [0.25, 0.3) is 0 Å². The first-order chi connectivity index (χ1) is 4.88. The number of hydrogen-bond acceptors (Lipinski definition) is 4. The number of hydrogen-bond donors (Lipinski definition) is 2. The van der Waals surface area contributed by atoms with Crippen molar-refractivity contribution in [3.63, 3.8) is 0 Å². The van der Waals surface area contributed by atoms with Crippen molar-refractivity contribution < 1.29 is 0 Å². The lowest BCUT2D eigenvalue weighted by atomic mass is 10.4. The smallest absolute Gasteiger partial charge is 0.153 e. The van der Waals surface area contributed by atoms with Gasteiger partial charge in [-0.05, 0) is 12.1 Å². The van der Waals surface area contributed by atoms with Crippen LogP contribution in [0.3, 0.4) is 0 Å². The Balaban J connectivity index is 3.08. The highest BCUT2D eigenvalue weighted by Crippen LogP contribution is 2.19. The lowest BCUT2D eigenvalue weighted by Gasteiger charge is -1.98. The van der Waals surface area contributed by atoms with Crippen LogP contribution < -0.4 is 5.32 Å². The summed E-state index contributed by atoms with van der Waals surface area (Å²) in [5, 5.41) is 6.09. The summed E-state index contributed by atoms with van der Waals surface area (Å²) in [7, 11) is 1.75. The van der Waals surface area contributed by atoms with Crippen LogP contribution in [-0.2, 0) is 0 Å². The summed E-state index contributed by atoms with van der Waals surface area (Å²) < 4.78 is 0. The number of nitrogens with one attached hydrogen (secondary N) is 2. The van der Waals surface area contributed by atoms with Gasteiger partial charge in [0.15, 0.2) is 5.82 Å². The minimum atomic E-state index is 0.560. The average molecular weight is 136 g/mol. The molecule has 1 aromatic heterocycles. The van der Waals surface area contributed by atoms with Crippen molar-refractivity contribution >= 4 is 11.5 Å². The Labute approximate surface area is 58.8 Å². The number of aromatic nitrogens is 1. The van der Waals surface area contributed by atoms with Gasteiger partial charge >= 0.3 is 0 Å². The maximum Gasteiger partial charge on any atom is 0.153 e. The first-order valence-corrected chi connectivity index (χ1v) is 2.88. The molecule has 10 heavy (non-hydrogen) atoms. The van der Waals surface area contributed by atoms with E-state index in [2.05, 4.69) is 15.4 Å². The first kappa shape index (κ1) is 6.67. The van der Waals surface area contributed by atoms with Crippen molar-refractivity contribution in [1.29, 1.82) is 5.53 Å². The zero-order chi connectivity index (χ0) is 7.40. The van der Waals surface area contributed by atoms with Crippen molar-refractivity contribution in [2.24, 2.45) is 5.11 Å². The van der Waals surface area contributed by atoms with Crippen LogP contribution >= 0.6 is 0 Å². The van der Waals surface area contributed by atoms with Crippen LogP contribution in [-0.4, -0.2) is 12.0 Å². The van der Waals surface area contributed by atoms with E-state index in [-0.39, 0.29) is 0 Å². The second-order valence-corrected chi connectivity index (χ2v) is 1.73. The Bertz CT molecular complexity index is 233. The van der Waals surface area contributed by atoms with E-state index in [9.17, 15) is 0 Å². The highest BCUT2D eigenvalue weighted by molar-refractivity contribution is 5.58. The zero-order valence-electron chi connectivity index (χ0n) is 5.63. The van der Waals surface area contributed by atoms with E-state index in [4.69, 9.17) is 5.53 Å². The molecule has 0 saturated carbocycles. The molecule has 0 fully saturated rings. The molecule has 0 atom stereocenters. The lowest BCUT2D eigenvalue weighted by molar-refractivity contribution is 1.13. The summed E-state index contributed by atoms with van der Waals surface area (Å²) in [6.45, 7) is 0. The molecule has 0 aliphatic heterocycles. The zero-order valence-corrected chi connectivity index (χ0v) is 5.63. The highest BCUT2D eigenvalue weighted by Gasteiger charge is 1.95. The van der Waals surface area contributed by atoms with Crippen LogP contribution in [0.4, 0.5) is 11.5 Å². The maximum absolute atomic E-state index is 6.73. The molecule has 0 bridgehead atoms. The standard InChI is InChI=1S/C6H8N4/c1-8-6-5(10-7)3-2-4-9-6/h2-4,7H,1H3,(H,8,9). The van der Waals surface area contributed by atoms with E-state index < -0.39 is 0 Å². The van der Waals surface area contributed by atoms with E-state index in [1.807, 2.05) is 0 Å². The second kappa shape index (κ2) is 2.91. The second-order valence-electron chi connectivity index (χ2n) is 1.73. The number of rotatable bonds is 2. The molecule has 4 heteroatoms. The molecule has 0 saturated heterocycles. The highest BCUT2D eigenvalue weighted by atomic mass is 15.0. The van der Waals surface area contributed by atoms with Crippen molar-refractivity contribution in [3.05, 3.63) is 18.3 Å². The number of nitrogens with zero attached hydrogens (tertiary/aromatic N) is 2. The molecule has 0 aliphatic rings. The molecule has 2 N–H and O–H groups in total. The van der Waals surface area contributed by atoms with Crippen LogP contribution in [0.1, 0.15) is 0 Å². The largest absolute Gasteiger partial charge is 0.371 e. The van der Waals surface area contributed by atoms with Gasteiger partial charge in [-0.15, -0.1) is 0 Å². The van der Waals surface area contributed by atoms with Crippen molar-refractivity contribution in [3.8, 4) is 0 Å². The topological polar surface area (TPSA) is 61.1 Å². The molecule has 0 radical (unpaired) electrons. The van der Waals surface area contributed by atoms with E-state index in [0.29, 0.717) is 11.5 Å². The summed E-state index contributed by atoms with van der Waals surface area (Å²) in [6.07, 6.45) is 1.65. The molecule has 1 aromatic rings. The Morgan fingerprint density at radius 3 is 3.00 bits per heavy atom. The van der Waals surface area contributed by atoms with Crippen molar-refractivity contribution in [2.75, 3.05) is 12.4 Å². The monoisotopic (exact) mass is 136 g/mol. The predicted octanol–water partition coefficient (Wildman–Crippen LogP) is 1.79. The van der Waals surface area contributed by atoms with Crippen LogP contribution in [0, 0.1) is 5.53 Å². The minimum Gasteiger partial charge on any atom is -0.371 e. The van der Waals surface area contributed by atoms with E-state index in [1.165, 1.54) is 0 Å². The number of pyridine rings is 1. The molecule has 4 nitrogen and oxygen atoms in total. The fourth-order valence-corrected chi connectivity index (χ4v) is 0.680. The maximum atomic E-state index is 6.73. The Hall–Kier alpha value is -1.45. The minimum absolute atomic E-state index is 0.560. The summed E-state index contributed by atoms with van der Waals surface area (Å²) >= 11 is 0. The summed E-state index contributed by atoms with van der Waals surface area (Å²) in [5.41, 5.74) is 7.29. The van der Waals surface area contributed by atoms with Gasteiger partial charge in [0, 0.05) is 13.2 Å². The van der Waals surface area contributed by atoms with E-state index >= 15 is 0 Å². The van der Waals surface area contributed by atoms with Gasteiger partial charge in [0.05, 0.1) is 0 Å². The third kappa shape index (κ3) is 1.10. The van der Waals surface area contributed by atoms with Crippen LogP contribution in [0.2, 0.25) is 0 Å². The third-order valence-corrected chi connectivity index (χ3v) is 1.14. The average Bonchev–Trinajstić information content (AvgIpc) is 2.04. The molecule has 0 unspecified atom stereocenters. The quantitative estimate of drug-likeness (QED) is 0.609. The molecule has 0 amide bonds. The molecular weight excluding hydrogens is 128 g/mol. The van der Waals surface area contributed by atoms with E-state index in [1.54, 1.807) is 25.4 Å². The Morgan fingerprint density at radius 1 is 1.70 bits per heavy atom. The van der Waals surface area contributed by atoms with Gasteiger partial charge in [-0.25, -0.2) is 10.5 Å². The van der Waals surface area contributed by atoms with Gasteiger partial charge in [0.2, 0.25) is 0 Å². The fraction of sp³-hybridized carbons (Fsp3) is 0.167. The van der Waals surface area contributed by atoms with Crippen LogP contribution in [0.15, 0.2) is 23.4 Å². The van der Waals surface area contributed by atoms with Crippen LogP contribution in [0.25, 0.3) is 0 Å². The molecule has 0 aromatic carbocycles. The van der Waals surface area contributed by atoms with Gasteiger partial charge in [-0.2, -0.15) is 5.11 Å². The normalized spacial score (nSPS) is 8.90. The molecule has 1 rings (SSSR count). The number of anilines is 1. The molecule has 0 spiro atoms. The lowest BCUT2D eigenvalue weighted by Crippen LogP contribution is -1.90. The van der Waals surface area contributed by atoms with Gasteiger partial charge in [0.1, 0.15) is 5.69 Å². The third-order valence-electron chi connectivity index (χ3n) is 1.14. The summed E-state index contributed by atoms with van der Waals surface area (Å²) in [6, 6.07) is 3.47. The Morgan fingerprint density at radius 2 is 2.50 bits per heavy atom. The molecule has 0 aliphatic carbocycles. The SMILES string of the molecule is CNc1ncccc1N=N. The van der Waals surface area contributed by atoms with Gasteiger partial charge < -0.3 is 5.32 Å². The fourth-order valence-electron chi connectivity index (χ4n) is 0.680. The predicted molar refractivity (Wildman–Crippen MR) is 38.6 cm³/mol. The van der Waals surface area contributed by atoms with Crippen molar-refractivity contribution in [2.45, 2.75) is 0 Å². The summed E-state index contributed by atoms with van der Waals surface area (Å²) in [5.74, 6) is 0.637. The van der Waals surface area contributed by atoms with Crippen LogP contribution in [0.5, 0.6) is 0 Å². The molecule has 1 heterocycles. The van der Waals surface area contributed by atoms with E-state index in [0.717, 1.165) is 0 Å². The van der Waals surface area contributed by atoms with Gasteiger partial charge in [-0.3, -0.25) is 0 Å². The Kier molecular flexibility index (Phi) is 1.94. The first-order valence-electron chi connectivity index (χ1n) is 2.88. The van der Waals surface area contributed by atoms with Crippen molar-refractivity contribution in [1.82, 2.24) is 4.98 Å².